The van der Waals surface area contributed by atoms with Crippen LogP contribution in [0.1, 0.15) is 35.3 Å². The fourth-order valence-corrected chi connectivity index (χ4v) is 2.89. The molecule has 2 nitrogen and oxygen atoms in total. The average Bonchev–Trinajstić information content (AvgIpc) is 2.80. The van der Waals surface area contributed by atoms with E-state index in [4.69, 9.17) is 16.3 Å². The summed E-state index contributed by atoms with van der Waals surface area (Å²) in [5.41, 5.74) is 3.82. The lowest BCUT2D eigenvalue weighted by atomic mass is 9.95. The third-order valence-corrected chi connectivity index (χ3v) is 4.25. The van der Waals surface area contributed by atoms with Gasteiger partial charge in [0.1, 0.15) is 18.0 Å². The molecule has 3 heteroatoms. The lowest BCUT2D eigenvalue weighted by molar-refractivity contribution is 0.219. The second-order valence-corrected chi connectivity index (χ2v) is 5.76. The Labute approximate surface area is 124 Å². The van der Waals surface area contributed by atoms with Crippen LogP contribution in [-0.4, -0.2) is 11.2 Å². The first-order chi connectivity index (χ1) is 9.56. The van der Waals surface area contributed by atoms with Crippen molar-refractivity contribution < 1.29 is 9.84 Å². The Morgan fingerprint density at radius 2 is 2.10 bits per heavy atom. The SMILES string of the molecule is Cc1c(Cl)cccc1C(O)c1ccc2c(c1)CC(C)O2. The first-order valence-corrected chi connectivity index (χ1v) is 7.16. The van der Waals surface area contributed by atoms with Crippen molar-refractivity contribution in [3.63, 3.8) is 0 Å². The molecule has 104 valence electrons. The minimum atomic E-state index is -0.657. The summed E-state index contributed by atoms with van der Waals surface area (Å²) in [6.07, 6.45) is 0.449. The van der Waals surface area contributed by atoms with Crippen molar-refractivity contribution in [3.8, 4) is 5.75 Å². The minimum absolute atomic E-state index is 0.213. The molecular formula is C17H17ClO2. The van der Waals surface area contributed by atoms with Crippen LogP contribution in [0.15, 0.2) is 36.4 Å². The van der Waals surface area contributed by atoms with Gasteiger partial charge in [-0.2, -0.15) is 0 Å². The van der Waals surface area contributed by atoms with Crippen molar-refractivity contribution in [2.24, 2.45) is 0 Å². The fraction of sp³-hybridized carbons (Fsp3) is 0.294. The Bertz CT molecular complexity index is 651. The smallest absolute Gasteiger partial charge is 0.123 e. The van der Waals surface area contributed by atoms with Crippen LogP contribution in [0.3, 0.4) is 0 Å². The molecule has 3 rings (SSSR count). The fourth-order valence-electron chi connectivity index (χ4n) is 2.71. The van der Waals surface area contributed by atoms with Gasteiger partial charge in [0, 0.05) is 11.4 Å². The topological polar surface area (TPSA) is 29.5 Å². The summed E-state index contributed by atoms with van der Waals surface area (Å²) in [5, 5.41) is 11.3. The number of ether oxygens (including phenoxy) is 1. The lowest BCUT2D eigenvalue weighted by Gasteiger charge is -2.15. The van der Waals surface area contributed by atoms with Crippen molar-refractivity contribution in [2.75, 3.05) is 0 Å². The number of hydrogen-bond acceptors (Lipinski definition) is 2. The molecule has 1 aliphatic rings. The highest BCUT2D eigenvalue weighted by molar-refractivity contribution is 6.31. The van der Waals surface area contributed by atoms with Gasteiger partial charge in [-0.3, -0.25) is 0 Å². The summed E-state index contributed by atoms with van der Waals surface area (Å²) in [4.78, 5) is 0. The minimum Gasteiger partial charge on any atom is -0.490 e. The number of fused-ring (bicyclic) bond motifs is 1. The lowest BCUT2D eigenvalue weighted by Crippen LogP contribution is -2.05. The molecule has 0 spiro atoms. The van der Waals surface area contributed by atoms with Crippen LogP contribution in [0.4, 0.5) is 0 Å². The van der Waals surface area contributed by atoms with Crippen LogP contribution in [0.25, 0.3) is 0 Å². The van der Waals surface area contributed by atoms with Gasteiger partial charge in [-0.25, -0.2) is 0 Å². The molecule has 0 aromatic heterocycles. The summed E-state index contributed by atoms with van der Waals surface area (Å²) < 4.78 is 5.69. The van der Waals surface area contributed by atoms with Crippen LogP contribution < -0.4 is 4.74 Å². The highest BCUT2D eigenvalue weighted by Gasteiger charge is 2.21. The molecule has 2 aromatic rings. The number of halogens is 1. The molecule has 0 radical (unpaired) electrons. The van der Waals surface area contributed by atoms with Crippen molar-refractivity contribution in [2.45, 2.75) is 32.5 Å². The zero-order valence-electron chi connectivity index (χ0n) is 11.6. The second kappa shape index (κ2) is 5.12. The maximum Gasteiger partial charge on any atom is 0.123 e. The van der Waals surface area contributed by atoms with E-state index in [1.54, 1.807) is 0 Å². The predicted octanol–water partition coefficient (Wildman–Crippen LogP) is 4.05. The number of hydrogen-bond donors (Lipinski definition) is 1. The standard InChI is InChI=1S/C17H17ClO2/c1-10-8-13-9-12(6-7-16(13)20-10)17(19)14-4-3-5-15(18)11(14)2/h3-7,9-10,17,19H,8H2,1-2H3. The highest BCUT2D eigenvalue weighted by atomic mass is 35.5. The molecule has 1 N–H and O–H groups in total. The van der Waals surface area contributed by atoms with E-state index >= 15 is 0 Å². The Morgan fingerprint density at radius 3 is 2.90 bits per heavy atom. The first kappa shape index (κ1) is 13.5. The van der Waals surface area contributed by atoms with E-state index in [1.807, 2.05) is 43.3 Å². The highest BCUT2D eigenvalue weighted by Crippen LogP contribution is 2.34. The van der Waals surface area contributed by atoms with Crippen LogP contribution in [0.2, 0.25) is 5.02 Å². The first-order valence-electron chi connectivity index (χ1n) is 6.79. The van der Waals surface area contributed by atoms with Gasteiger partial charge in [-0.1, -0.05) is 29.8 Å². The van der Waals surface area contributed by atoms with Gasteiger partial charge in [0.05, 0.1) is 0 Å². The predicted molar refractivity (Wildman–Crippen MR) is 80.5 cm³/mol. The Hall–Kier alpha value is -1.51. The number of aliphatic hydroxyl groups excluding tert-OH is 1. The van der Waals surface area contributed by atoms with Gasteiger partial charge >= 0.3 is 0 Å². The van der Waals surface area contributed by atoms with Crippen molar-refractivity contribution >= 4 is 11.6 Å². The summed E-state index contributed by atoms with van der Waals surface area (Å²) in [5.74, 6) is 0.927. The third-order valence-electron chi connectivity index (χ3n) is 3.84. The quantitative estimate of drug-likeness (QED) is 0.903. The number of benzene rings is 2. The molecule has 0 fully saturated rings. The average molecular weight is 289 g/mol. The Morgan fingerprint density at radius 1 is 1.30 bits per heavy atom. The van der Waals surface area contributed by atoms with Crippen LogP contribution >= 0.6 is 11.6 Å². The van der Waals surface area contributed by atoms with E-state index in [-0.39, 0.29) is 6.10 Å². The molecule has 2 unspecified atom stereocenters. The second-order valence-electron chi connectivity index (χ2n) is 5.36. The van der Waals surface area contributed by atoms with E-state index < -0.39 is 6.10 Å². The Kier molecular flexibility index (Phi) is 3.45. The third kappa shape index (κ3) is 2.30. The van der Waals surface area contributed by atoms with Crippen molar-refractivity contribution in [1.29, 1.82) is 0 Å². The summed E-state index contributed by atoms with van der Waals surface area (Å²) in [6, 6.07) is 11.5. The summed E-state index contributed by atoms with van der Waals surface area (Å²) in [6.45, 7) is 3.98. The van der Waals surface area contributed by atoms with Gasteiger partial charge in [0.25, 0.3) is 0 Å². The normalized spacial score (nSPS) is 18.5. The zero-order valence-corrected chi connectivity index (χ0v) is 12.3. The van der Waals surface area contributed by atoms with E-state index in [2.05, 4.69) is 6.92 Å². The molecule has 1 heterocycles. The van der Waals surface area contributed by atoms with E-state index in [1.165, 1.54) is 0 Å². The largest absolute Gasteiger partial charge is 0.490 e. The van der Waals surface area contributed by atoms with E-state index in [0.29, 0.717) is 5.02 Å². The Balaban J connectivity index is 1.97. The molecular weight excluding hydrogens is 272 g/mol. The molecule has 0 saturated carbocycles. The molecule has 0 amide bonds. The monoisotopic (exact) mass is 288 g/mol. The van der Waals surface area contributed by atoms with Crippen molar-refractivity contribution in [1.82, 2.24) is 0 Å². The number of rotatable bonds is 2. The van der Waals surface area contributed by atoms with Crippen molar-refractivity contribution in [3.05, 3.63) is 63.7 Å². The number of aliphatic hydroxyl groups is 1. The summed E-state index contributed by atoms with van der Waals surface area (Å²) >= 11 is 6.13. The van der Waals surface area contributed by atoms with Crippen LogP contribution in [0.5, 0.6) is 5.75 Å². The van der Waals surface area contributed by atoms with Gasteiger partial charge in [0.15, 0.2) is 0 Å². The van der Waals surface area contributed by atoms with Crippen LogP contribution in [0, 0.1) is 6.92 Å². The molecule has 0 aliphatic carbocycles. The summed E-state index contributed by atoms with van der Waals surface area (Å²) in [7, 11) is 0. The molecule has 0 bridgehead atoms. The molecule has 20 heavy (non-hydrogen) atoms. The molecule has 2 aromatic carbocycles. The molecule has 2 atom stereocenters. The zero-order chi connectivity index (χ0) is 14.3. The maximum absolute atomic E-state index is 10.6. The van der Waals surface area contributed by atoms with Gasteiger partial charge < -0.3 is 9.84 Å². The van der Waals surface area contributed by atoms with Gasteiger partial charge in [-0.15, -0.1) is 0 Å². The van der Waals surface area contributed by atoms with Gasteiger partial charge in [0.2, 0.25) is 0 Å². The molecule has 1 aliphatic heterocycles. The maximum atomic E-state index is 10.6. The molecule has 0 saturated heterocycles. The van der Waals surface area contributed by atoms with E-state index in [9.17, 15) is 5.11 Å². The van der Waals surface area contributed by atoms with Gasteiger partial charge in [-0.05, 0) is 54.3 Å². The van der Waals surface area contributed by atoms with Crippen LogP contribution in [-0.2, 0) is 6.42 Å². The van der Waals surface area contributed by atoms with E-state index in [0.717, 1.165) is 34.4 Å².